The molecule has 2 atom stereocenters. The van der Waals surface area contributed by atoms with Crippen LogP contribution in [0.2, 0.25) is 0 Å². The molecule has 2 aliphatic rings. The van der Waals surface area contributed by atoms with Gasteiger partial charge in [-0.05, 0) is 48.6 Å². The van der Waals surface area contributed by atoms with Crippen LogP contribution in [0.1, 0.15) is 30.6 Å². The second-order valence-corrected chi connectivity index (χ2v) is 6.02. The van der Waals surface area contributed by atoms with E-state index in [2.05, 4.69) is 22.8 Å². The first kappa shape index (κ1) is 9.86. The van der Waals surface area contributed by atoms with Crippen LogP contribution in [0, 0.1) is 17.8 Å². The van der Waals surface area contributed by atoms with Gasteiger partial charge in [-0.25, -0.2) is 0 Å². The van der Waals surface area contributed by atoms with Crippen LogP contribution in [0.3, 0.4) is 0 Å². The Kier molecular flexibility index (Phi) is 2.80. The highest BCUT2D eigenvalue weighted by molar-refractivity contribution is 7.09. The fourth-order valence-corrected chi connectivity index (χ4v) is 3.89. The topological polar surface area (TPSA) is 12.0 Å². The summed E-state index contributed by atoms with van der Waals surface area (Å²) in [4.78, 5) is 1.47. The lowest BCUT2D eigenvalue weighted by atomic mass is 10.0. The second-order valence-electron chi connectivity index (χ2n) is 4.99. The fourth-order valence-electron chi connectivity index (χ4n) is 3.22. The maximum Gasteiger partial charge on any atom is 0.0299 e. The van der Waals surface area contributed by atoms with Crippen molar-refractivity contribution in [2.24, 2.45) is 17.8 Å². The minimum atomic E-state index is 1.02. The second kappa shape index (κ2) is 4.26. The third-order valence-electron chi connectivity index (χ3n) is 4.09. The normalized spacial score (nSPS) is 33.7. The summed E-state index contributed by atoms with van der Waals surface area (Å²) in [5.41, 5.74) is 0. The summed E-state index contributed by atoms with van der Waals surface area (Å²) in [7, 11) is 0. The van der Waals surface area contributed by atoms with E-state index in [9.17, 15) is 0 Å². The zero-order valence-electron chi connectivity index (χ0n) is 9.11. The number of nitrogens with one attached hydrogen (secondary N) is 1. The van der Waals surface area contributed by atoms with Gasteiger partial charge in [0.05, 0.1) is 0 Å². The number of hydrogen-bond acceptors (Lipinski definition) is 2. The smallest absolute Gasteiger partial charge is 0.0299 e. The summed E-state index contributed by atoms with van der Waals surface area (Å²) in [5, 5.41) is 5.78. The summed E-state index contributed by atoms with van der Waals surface area (Å²) < 4.78 is 0. The van der Waals surface area contributed by atoms with Crippen LogP contribution in [-0.2, 0) is 6.54 Å². The standard InChI is InChI=1S/C13H19NS/c1-2-6-12-11(5-1)13(12)9-14-8-10-4-3-7-15-10/h3-4,7,11-14H,1-2,5-6,8-9H2. The van der Waals surface area contributed by atoms with Crippen molar-refractivity contribution in [2.45, 2.75) is 32.2 Å². The molecule has 0 aromatic carbocycles. The van der Waals surface area contributed by atoms with E-state index in [1.54, 1.807) is 0 Å². The van der Waals surface area contributed by atoms with Crippen molar-refractivity contribution in [3.8, 4) is 0 Å². The van der Waals surface area contributed by atoms with Crippen molar-refractivity contribution in [1.29, 1.82) is 0 Å². The highest BCUT2D eigenvalue weighted by Crippen LogP contribution is 2.54. The Morgan fingerprint density at radius 1 is 1.27 bits per heavy atom. The quantitative estimate of drug-likeness (QED) is 0.823. The molecular formula is C13H19NS. The van der Waals surface area contributed by atoms with E-state index in [0.29, 0.717) is 0 Å². The molecule has 2 heteroatoms. The van der Waals surface area contributed by atoms with Gasteiger partial charge in [0.2, 0.25) is 0 Å². The average Bonchev–Trinajstić information content (AvgIpc) is 2.73. The highest BCUT2D eigenvalue weighted by atomic mass is 32.1. The van der Waals surface area contributed by atoms with Gasteiger partial charge in [0.25, 0.3) is 0 Å². The minimum absolute atomic E-state index is 1.02. The fraction of sp³-hybridized carbons (Fsp3) is 0.692. The molecule has 0 amide bonds. The molecule has 2 unspecified atom stereocenters. The molecule has 1 heterocycles. The Morgan fingerprint density at radius 2 is 2.07 bits per heavy atom. The van der Waals surface area contributed by atoms with Gasteiger partial charge in [-0.15, -0.1) is 11.3 Å². The maximum absolute atomic E-state index is 3.62. The lowest BCUT2D eigenvalue weighted by molar-refractivity contribution is 0.480. The maximum atomic E-state index is 3.62. The van der Waals surface area contributed by atoms with Crippen molar-refractivity contribution in [3.05, 3.63) is 22.4 Å². The summed E-state index contributed by atoms with van der Waals surface area (Å²) in [6, 6.07) is 4.36. The SMILES string of the molecule is c1csc(CNCC2C3CCCCC32)c1. The van der Waals surface area contributed by atoms with Crippen LogP contribution >= 0.6 is 11.3 Å². The van der Waals surface area contributed by atoms with E-state index in [1.807, 2.05) is 11.3 Å². The number of thiophene rings is 1. The minimum Gasteiger partial charge on any atom is -0.312 e. The molecule has 3 rings (SSSR count). The summed E-state index contributed by atoms with van der Waals surface area (Å²) in [6.45, 7) is 2.33. The molecule has 1 aromatic rings. The molecule has 1 nitrogen and oxygen atoms in total. The molecule has 0 aliphatic heterocycles. The van der Waals surface area contributed by atoms with Crippen molar-refractivity contribution in [2.75, 3.05) is 6.54 Å². The van der Waals surface area contributed by atoms with Crippen LogP contribution < -0.4 is 5.32 Å². The van der Waals surface area contributed by atoms with Crippen LogP contribution in [0.4, 0.5) is 0 Å². The molecule has 0 radical (unpaired) electrons. The molecule has 15 heavy (non-hydrogen) atoms. The van der Waals surface area contributed by atoms with Gasteiger partial charge < -0.3 is 5.32 Å². The molecular weight excluding hydrogens is 202 g/mol. The van der Waals surface area contributed by atoms with E-state index >= 15 is 0 Å². The molecule has 0 bridgehead atoms. The van der Waals surface area contributed by atoms with Gasteiger partial charge in [0, 0.05) is 11.4 Å². The first-order valence-corrected chi connectivity index (χ1v) is 7.06. The highest BCUT2D eigenvalue weighted by Gasteiger charge is 2.49. The molecule has 2 fully saturated rings. The molecule has 1 aromatic heterocycles. The van der Waals surface area contributed by atoms with Crippen molar-refractivity contribution < 1.29 is 0 Å². The predicted molar refractivity (Wildman–Crippen MR) is 65.0 cm³/mol. The van der Waals surface area contributed by atoms with Crippen molar-refractivity contribution in [1.82, 2.24) is 5.32 Å². The molecule has 2 aliphatic carbocycles. The van der Waals surface area contributed by atoms with Gasteiger partial charge in [-0.2, -0.15) is 0 Å². The van der Waals surface area contributed by atoms with Gasteiger partial charge >= 0.3 is 0 Å². The van der Waals surface area contributed by atoms with E-state index in [-0.39, 0.29) is 0 Å². The Labute approximate surface area is 95.9 Å². The van der Waals surface area contributed by atoms with Crippen molar-refractivity contribution >= 4 is 11.3 Å². The Hall–Kier alpha value is -0.340. The molecule has 1 N–H and O–H groups in total. The van der Waals surface area contributed by atoms with E-state index < -0.39 is 0 Å². The monoisotopic (exact) mass is 221 g/mol. The number of rotatable bonds is 4. The first-order valence-electron chi connectivity index (χ1n) is 6.18. The van der Waals surface area contributed by atoms with Gasteiger partial charge in [-0.1, -0.05) is 18.9 Å². The predicted octanol–water partition coefficient (Wildman–Crippen LogP) is 3.27. The van der Waals surface area contributed by atoms with Crippen LogP contribution in [-0.4, -0.2) is 6.54 Å². The van der Waals surface area contributed by atoms with Gasteiger partial charge in [0.1, 0.15) is 0 Å². The number of hydrogen-bond donors (Lipinski definition) is 1. The third kappa shape index (κ3) is 2.11. The zero-order valence-corrected chi connectivity index (χ0v) is 9.93. The third-order valence-corrected chi connectivity index (χ3v) is 4.97. The largest absolute Gasteiger partial charge is 0.312 e. The average molecular weight is 221 g/mol. The van der Waals surface area contributed by atoms with E-state index in [1.165, 1.54) is 37.1 Å². The lowest BCUT2D eigenvalue weighted by Gasteiger charge is -2.04. The van der Waals surface area contributed by atoms with E-state index in [4.69, 9.17) is 0 Å². The molecule has 82 valence electrons. The van der Waals surface area contributed by atoms with Crippen LogP contribution in [0.25, 0.3) is 0 Å². The van der Waals surface area contributed by atoms with Crippen LogP contribution in [0.15, 0.2) is 17.5 Å². The lowest BCUT2D eigenvalue weighted by Crippen LogP contribution is -2.16. The molecule has 2 saturated carbocycles. The van der Waals surface area contributed by atoms with Crippen molar-refractivity contribution in [3.63, 3.8) is 0 Å². The van der Waals surface area contributed by atoms with Gasteiger partial charge in [0.15, 0.2) is 0 Å². The van der Waals surface area contributed by atoms with E-state index in [0.717, 1.165) is 24.3 Å². The molecule has 0 spiro atoms. The number of fused-ring (bicyclic) bond motifs is 1. The molecule has 0 saturated heterocycles. The Bertz CT molecular complexity index is 294. The first-order chi connectivity index (χ1) is 7.45. The van der Waals surface area contributed by atoms with Crippen LogP contribution in [0.5, 0.6) is 0 Å². The zero-order chi connectivity index (χ0) is 10.1. The Morgan fingerprint density at radius 3 is 2.73 bits per heavy atom. The summed E-state index contributed by atoms with van der Waals surface area (Å²) in [6.07, 6.45) is 6.00. The summed E-state index contributed by atoms with van der Waals surface area (Å²) >= 11 is 1.86. The summed E-state index contributed by atoms with van der Waals surface area (Å²) in [5.74, 6) is 3.21. The Balaban J connectivity index is 1.40. The van der Waals surface area contributed by atoms with Gasteiger partial charge in [-0.3, -0.25) is 0 Å².